The summed E-state index contributed by atoms with van der Waals surface area (Å²) in [6.07, 6.45) is 1.30. The van der Waals surface area contributed by atoms with E-state index in [1.165, 1.54) is 6.20 Å². The summed E-state index contributed by atoms with van der Waals surface area (Å²) in [7, 11) is 0. The van der Waals surface area contributed by atoms with Gasteiger partial charge < -0.3 is 25.0 Å². The Kier molecular flexibility index (Phi) is 8.42. The van der Waals surface area contributed by atoms with Crippen molar-refractivity contribution in [3.8, 4) is 6.07 Å². The molecule has 0 radical (unpaired) electrons. The molecule has 9 heteroatoms. The van der Waals surface area contributed by atoms with Crippen LogP contribution in [0.1, 0.15) is 27.2 Å². The Morgan fingerprint density at radius 1 is 1.27 bits per heavy atom. The standard InChI is InChI=1S/C17H26N4O5/c1-4-26-17(25)21-7-5-20(6-8-21)11-13(10-18)15(22)19-14(16(23)24)9-12(2)3/h11-12,14H,4-9H2,1-3H3,(H,19,22)(H,23,24)/b13-11-. The zero-order valence-corrected chi connectivity index (χ0v) is 15.4. The van der Waals surface area contributed by atoms with E-state index in [0.717, 1.165) is 0 Å². The number of amides is 2. The van der Waals surface area contributed by atoms with Crippen LogP contribution < -0.4 is 5.32 Å². The molecule has 1 heterocycles. The zero-order valence-electron chi connectivity index (χ0n) is 15.4. The monoisotopic (exact) mass is 366 g/mol. The van der Waals surface area contributed by atoms with Crippen LogP contribution in [-0.2, 0) is 14.3 Å². The van der Waals surface area contributed by atoms with E-state index in [9.17, 15) is 24.8 Å². The van der Waals surface area contributed by atoms with Gasteiger partial charge in [0.15, 0.2) is 0 Å². The highest BCUT2D eigenvalue weighted by atomic mass is 16.6. The Balaban J connectivity index is 2.67. The molecule has 0 aromatic heterocycles. The first-order chi connectivity index (χ1) is 12.3. The topological polar surface area (TPSA) is 123 Å². The van der Waals surface area contributed by atoms with E-state index < -0.39 is 17.9 Å². The van der Waals surface area contributed by atoms with Crippen molar-refractivity contribution >= 4 is 18.0 Å². The average Bonchev–Trinajstić information content (AvgIpc) is 2.59. The molecule has 2 amide bonds. The van der Waals surface area contributed by atoms with Crippen molar-refractivity contribution in [1.29, 1.82) is 5.26 Å². The molecule has 1 fully saturated rings. The molecule has 1 saturated heterocycles. The van der Waals surface area contributed by atoms with Gasteiger partial charge in [-0.1, -0.05) is 13.8 Å². The predicted molar refractivity (Wildman–Crippen MR) is 92.9 cm³/mol. The Morgan fingerprint density at radius 2 is 1.88 bits per heavy atom. The summed E-state index contributed by atoms with van der Waals surface area (Å²) in [5, 5.41) is 20.8. The number of nitrogens with zero attached hydrogens (tertiary/aromatic N) is 3. The van der Waals surface area contributed by atoms with Crippen LogP contribution in [0.2, 0.25) is 0 Å². The molecule has 0 aromatic rings. The third kappa shape index (κ3) is 6.63. The minimum absolute atomic E-state index is 0.0851. The van der Waals surface area contributed by atoms with Gasteiger partial charge in [-0.25, -0.2) is 9.59 Å². The van der Waals surface area contributed by atoms with Gasteiger partial charge in [0, 0.05) is 32.4 Å². The number of carboxylic acids is 1. The fraction of sp³-hybridized carbons (Fsp3) is 0.647. The van der Waals surface area contributed by atoms with Crippen molar-refractivity contribution in [2.24, 2.45) is 5.92 Å². The first-order valence-electron chi connectivity index (χ1n) is 8.59. The lowest BCUT2D eigenvalue weighted by Gasteiger charge is -2.33. The molecule has 1 unspecified atom stereocenters. The Morgan fingerprint density at radius 3 is 2.35 bits per heavy atom. The molecular weight excluding hydrogens is 340 g/mol. The van der Waals surface area contributed by atoms with Crippen molar-refractivity contribution < 1.29 is 24.2 Å². The maximum atomic E-state index is 12.2. The lowest BCUT2D eigenvalue weighted by molar-refractivity contribution is -0.141. The van der Waals surface area contributed by atoms with Crippen molar-refractivity contribution in [2.45, 2.75) is 33.2 Å². The Hall–Kier alpha value is -2.76. The molecule has 1 atom stereocenters. The van der Waals surface area contributed by atoms with Crippen LogP contribution >= 0.6 is 0 Å². The van der Waals surface area contributed by atoms with Gasteiger partial charge >= 0.3 is 12.1 Å². The molecular formula is C17H26N4O5. The second kappa shape index (κ2) is 10.3. The molecule has 144 valence electrons. The summed E-state index contributed by atoms with van der Waals surface area (Å²) in [4.78, 5) is 38.5. The quantitative estimate of drug-likeness (QED) is 0.504. The molecule has 0 aromatic carbocycles. The molecule has 0 aliphatic carbocycles. The number of carboxylic acid groups (broad SMARTS) is 1. The third-order valence-electron chi connectivity index (χ3n) is 3.83. The van der Waals surface area contributed by atoms with Crippen molar-refractivity contribution in [3.63, 3.8) is 0 Å². The Bertz CT molecular complexity index is 588. The van der Waals surface area contributed by atoms with Crippen molar-refractivity contribution in [1.82, 2.24) is 15.1 Å². The lowest BCUT2D eigenvalue weighted by Crippen LogP contribution is -2.47. The number of ether oxygens (including phenoxy) is 1. The number of carbonyl (C=O) groups is 3. The van der Waals surface area contributed by atoms with Crippen LogP contribution in [0.15, 0.2) is 11.8 Å². The number of nitriles is 1. The molecule has 0 bridgehead atoms. The van der Waals surface area contributed by atoms with E-state index in [2.05, 4.69) is 5.32 Å². The lowest BCUT2D eigenvalue weighted by atomic mass is 10.0. The molecule has 0 spiro atoms. The van der Waals surface area contributed by atoms with Crippen LogP contribution in [0, 0.1) is 17.2 Å². The van der Waals surface area contributed by atoms with Gasteiger partial charge in [0.2, 0.25) is 0 Å². The number of hydrogen-bond acceptors (Lipinski definition) is 6. The maximum absolute atomic E-state index is 12.2. The van der Waals surface area contributed by atoms with Gasteiger partial charge in [0.05, 0.1) is 6.61 Å². The highest BCUT2D eigenvalue weighted by Crippen LogP contribution is 2.09. The van der Waals surface area contributed by atoms with E-state index >= 15 is 0 Å². The van der Waals surface area contributed by atoms with Crippen molar-refractivity contribution in [2.75, 3.05) is 32.8 Å². The molecule has 1 aliphatic heterocycles. The molecule has 0 saturated carbocycles. The molecule has 26 heavy (non-hydrogen) atoms. The minimum atomic E-state index is -1.13. The highest BCUT2D eigenvalue weighted by Gasteiger charge is 2.25. The van der Waals surface area contributed by atoms with Gasteiger partial charge in [-0.2, -0.15) is 5.26 Å². The number of aliphatic carboxylic acids is 1. The van der Waals surface area contributed by atoms with Gasteiger partial charge in [-0.3, -0.25) is 4.79 Å². The van der Waals surface area contributed by atoms with Gasteiger partial charge in [-0.15, -0.1) is 0 Å². The van der Waals surface area contributed by atoms with Crippen molar-refractivity contribution in [3.05, 3.63) is 11.8 Å². The van der Waals surface area contributed by atoms with Crippen LogP contribution in [0.3, 0.4) is 0 Å². The predicted octanol–water partition coefficient (Wildman–Crippen LogP) is 0.783. The molecule has 9 nitrogen and oxygen atoms in total. The SMILES string of the molecule is CCOC(=O)N1CCN(/C=C(/C#N)C(=O)NC(CC(C)C)C(=O)O)CC1. The van der Waals surface area contributed by atoms with Crippen LogP contribution in [0.4, 0.5) is 4.79 Å². The minimum Gasteiger partial charge on any atom is -0.480 e. The van der Waals surface area contributed by atoms with Gasteiger partial charge in [0.1, 0.15) is 17.7 Å². The number of carbonyl (C=O) groups excluding carboxylic acids is 2. The second-order valence-corrected chi connectivity index (χ2v) is 6.37. The molecule has 1 rings (SSSR count). The molecule has 2 N–H and O–H groups in total. The first-order valence-corrected chi connectivity index (χ1v) is 8.59. The van der Waals surface area contributed by atoms with E-state index in [4.69, 9.17) is 4.74 Å². The smallest absolute Gasteiger partial charge is 0.409 e. The summed E-state index contributed by atoms with van der Waals surface area (Å²) >= 11 is 0. The van der Waals surface area contributed by atoms with Crippen LogP contribution in [0.5, 0.6) is 0 Å². The largest absolute Gasteiger partial charge is 0.480 e. The highest BCUT2D eigenvalue weighted by molar-refractivity contribution is 5.99. The zero-order chi connectivity index (χ0) is 19.7. The summed E-state index contributed by atoms with van der Waals surface area (Å²) in [5.74, 6) is -1.76. The molecule has 1 aliphatic rings. The average molecular weight is 366 g/mol. The van der Waals surface area contributed by atoms with E-state index in [0.29, 0.717) is 32.8 Å². The Labute approximate surface area is 153 Å². The van der Waals surface area contributed by atoms with E-state index in [-0.39, 0.29) is 24.0 Å². The maximum Gasteiger partial charge on any atom is 0.409 e. The second-order valence-electron chi connectivity index (χ2n) is 6.37. The number of rotatable bonds is 7. The number of piperazine rings is 1. The summed E-state index contributed by atoms with van der Waals surface area (Å²) in [6, 6.07) is 0.769. The first kappa shape index (κ1) is 21.3. The van der Waals surface area contributed by atoms with Crippen LogP contribution in [-0.4, -0.2) is 71.7 Å². The van der Waals surface area contributed by atoms with Gasteiger partial charge in [0.25, 0.3) is 5.91 Å². The summed E-state index contributed by atoms with van der Waals surface area (Å²) < 4.78 is 4.94. The van der Waals surface area contributed by atoms with E-state index in [1.807, 2.05) is 19.9 Å². The van der Waals surface area contributed by atoms with Crippen LogP contribution in [0.25, 0.3) is 0 Å². The van der Waals surface area contributed by atoms with E-state index in [1.54, 1.807) is 16.7 Å². The normalized spacial score (nSPS) is 16.0. The van der Waals surface area contributed by atoms with Gasteiger partial charge in [-0.05, 0) is 19.3 Å². The fourth-order valence-electron chi connectivity index (χ4n) is 2.50. The third-order valence-corrected chi connectivity index (χ3v) is 3.83. The number of nitrogens with one attached hydrogen (secondary N) is 1. The fourth-order valence-corrected chi connectivity index (χ4v) is 2.50. The number of hydrogen-bond donors (Lipinski definition) is 2. The summed E-state index contributed by atoms with van der Waals surface area (Å²) in [5.41, 5.74) is -0.162. The summed E-state index contributed by atoms with van der Waals surface area (Å²) in [6.45, 7) is 7.48.